The van der Waals surface area contributed by atoms with E-state index in [0.717, 1.165) is 31.2 Å². The third-order valence-electron chi connectivity index (χ3n) is 3.88. The molecule has 2 aromatic rings. The van der Waals surface area contributed by atoms with Gasteiger partial charge in [-0.3, -0.25) is 0 Å². The highest BCUT2D eigenvalue weighted by Gasteiger charge is 2.00. The van der Waals surface area contributed by atoms with Crippen molar-refractivity contribution in [1.82, 2.24) is 10.6 Å². The van der Waals surface area contributed by atoms with Gasteiger partial charge in [-0.25, -0.2) is 4.99 Å². The quantitative estimate of drug-likeness (QED) is 0.606. The van der Waals surface area contributed by atoms with Crippen LogP contribution in [0.3, 0.4) is 0 Å². The highest BCUT2D eigenvalue weighted by Crippen LogP contribution is 2.11. The molecule has 2 rings (SSSR count). The minimum Gasteiger partial charge on any atom is -0.497 e. The Morgan fingerprint density at radius 1 is 1.04 bits per heavy atom. The van der Waals surface area contributed by atoms with Gasteiger partial charge < -0.3 is 15.4 Å². The number of methoxy groups -OCH3 is 1. The molecule has 0 saturated heterocycles. The molecule has 0 heterocycles. The molecule has 0 aromatic heterocycles. The lowest BCUT2D eigenvalue weighted by Crippen LogP contribution is -2.38. The van der Waals surface area contributed by atoms with E-state index in [1.807, 2.05) is 12.1 Å². The minimum atomic E-state index is 0.685. The maximum absolute atomic E-state index is 5.18. The number of aliphatic imine (C=N–C) groups is 1. The highest BCUT2D eigenvalue weighted by molar-refractivity contribution is 5.79. The predicted octanol–water partition coefficient (Wildman–Crippen LogP) is 3.30. The Hall–Kier alpha value is -2.49. The summed E-state index contributed by atoms with van der Waals surface area (Å²) in [5.41, 5.74) is 3.80. The van der Waals surface area contributed by atoms with Crippen LogP contribution in [-0.4, -0.2) is 26.2 Å². The van der Waals surface area contributed by atoms with E-state index < -0.39 is 0 Å². The van der Waals surface area contributed by atoms with Crippen LogP contribution in [0.1, 0.15) is 23.6 Å². The summed E-state index contributed by atoms with van der Waals surface area (Å²) in [4.78, 5) is 4.68. The van der Waals surface area contributed by atoms with Crippen molar-refractivity contribution in [2.75, 3.05) is 20.2 Å². The van der Waals surface area contributed by atoms with Crippen molar-refractivity contribution < 1.29 is 4.74 Å². The summed E-state index contributed by atoms with van der Waals surface area (Å²) >= 11 is 0. The van der Waals surface area contributed by atoms with Crippen molar-refractivity contribution in [2.45, 2.75) is 26.8 Å². The zero-order chi connectivity index (χ0) is 17.2. The van der Waals surface area contributed by atoms with Crippen LogP contribution in [0.5, 0.6) is 5.75 Å². The lowest BCUT2D eigenvalue weighted by molar-refractivity contribution is 0.414. The van der Waals surface area contributed by atoms with E-state index >= 15 is 0 Å². The second kappa shape index (κ2) is 9.60. The predicted molar refractivity (Wildman–Crippen MR) is 101 cm³/mol. The van der Waals surface area contributed by atoms with E-state index in [-0.39, 0.29) is 0 Å². The summed E-state index contributed by atoms with van der Waals surface area (Å²) in [6.07, 6.45) is 0.943. The van der Waals surface area contributed by atoms with Gasteiger partial charge in [-0.2, -0.15) is 0 Å². The van der Waals surface area contributed by atoms with E-state index in [1.165, 1.54) is 16.7 Å². The second-order valence-electron chi connectivity index (χ2n) is 5.65. The molecule has 2 N–H and O–H groups in total. The lowest BCUT2D eigenvalue weighted by Gasteiger charge is -2.12. The van der Waals surface area contributed by atoms with Gasteiger partial charge in [-0.05, 0) is 49.1 Å². The Morgan fingerprint density at radius 2 is 1.79 bits per heavy atom. The Bertz CT molecular complexity index is 650. The summed E-state index contributed by atoms with van der Waals surface area (Å²) in [5, 5.41) is 6.69. The molecule has 0 aliphatic rings. The number of hydrogen-bond donors (Lipinski definition) is 2. The third kappa shape index (κ3) is 5.61. The van der Waals surface area contributed by atoms with Crippen molar-refractivity contribution in [3.05, 3.63) is 65.2 Å². The average molecular weight is 325 g/mol. The molecule has 4 nitrogen and oxygen atoms in total. The van der Waals surface area contributed by atoms with Crippen LogP contribution >= 0.6 is 0 Å². The van der Waals surface area contributed by atoms with Crippen molar-refractivity contribution >= 4 is 5.96 Å². The van der Waals surface area contributed by atoms with Crippen LogP contribution in [0, 0.1) is 6.92 Å². The maximum Gasteiger partial charge on any atom is 0.191 e. The van der Waals surface area contributed by atoms with Gasteiger partial charge in [0.1, 0.15) is 5.75 Å². The van der Waals surface area contributed by atoms with E-state index in [0.29, 0.717) is 6.54 Å². The molecule has 0 atom stereocenters. The number of rotatable bonds is 7. The van der Waals surface area contributed by atoms with E-state index in [1.54, 1.807) is 7.11 Å². The number of guanidine groups is 1. The van der Waals surface area contributed by atoms with Crippen LogP contribution < -0.4 is 15.4 Å². The molecule has 2 aromatic carbocycles. The Kier molecular flexibility index (Phi) is 7.15. The molecular formula is C20H27N3O. The molecule has 24 heavy (non-hydrogen) atoms. The van der Waals surface area contributed by atoms with Crippen LogP contribution in [0.15, 0.2) is 53.5 Å². The SMILES string of the molecule is CCNC(=NCc1ccccc1C)NCCc1ccc(OC)cc1. The van der Waals surface area contributed by atoms with Crippen molar-refractivity contribution in [3.63, 3.8) is 0 Å². The number of hydrogen-bond acceptors (Lipinski definition) is 2. The van der Waals surface area contributed by atoms with Crippen molar-refractivity contribution in [2.24, 2.45) is 4.99 Å². The normalized spacial score (nSPS) is 11.2. The first kappa shape index (κ1) is 17.9. The standard InChI is InChI=1S/C20H27N3O/c1-4-21-20(23-15-18-8-6-5-7-16(18)2)22-14-13-17-9-11-19(24-3)12-10-17/h5-12H,4,13-15H2,1-3H3,(H2,21,22,23). The lowest BCUT2D eigenvalue weighted by atomic mass is 10.1. The smallest absolute Gasteiger partial charge is 0.191 e. The minimum absolute atomic E-state index is 0.685. The summed E-state index contributed by atoms with van der Waals surface area (Å²) in [7, 11) is 1.68. The molecule has 0 spiro atoms. The fourth-order valence-corrected chi connectivity index (χ4v) is 2.41. The van der Waals surface area contributed by atoms with Crippen LogP contribution in [0.4, 0.5) is 0 Å². The van der Waals surface area contributed by atoms with E-state index in [2.05, 4.69) is 65.9 Å². The third-order valence-corrected chi connectivity index (χ3v) is 3.88. The summed E-state index contributed by atoms with van der Waals surface area (Å²) < 4.78 is 5.18. The van der Waals surface area contributed by atoms with E-state index in [9.17, 15) is 0 Å². The fourth-order valence-electron chi connectivity index (χ4n) is 2.41. The zero-order valence-electron chi connectivity index (χ0n) is 14.8. The highest BCUT2D eigenvalue weighted by atomic mass is 16.5. The van der Waals surface area contributed by atoms with E-state index in [4.69, 9.17) is 4.74 Å². The molecule has 0 saturated carbocycles. The number of benzene rings is 2. The van der Waals surface area contributed by atoms with Gasteiger partial charge in [-0.15, -0.1) is 0 Å². The number of nitrogens with zero attached hydrogens (tertiary/aromatic N) is 1. The summed E-state index contributed by atoms with van der Waals surface area (Å²) in [6.45, 7) is 6.57. The molecule has 4 heteroatoms. The number of nitrogens with one attached hydrogen (secondary N) is 2. The molecule has 0 radical (unpaired) electrons. The van der Waals surface area contributed by atoms with Gasteiger partial charge in [-0.1, -0.05) is 36.4 Å². The molecule has 0 unspecified atom stereocenters. The monoisotopic (exact) mass is 325 g/mol. The van der Waals surface area contributed by atoms with Crippen LogP contribution in [0.25, 0.3) is 0 Å². The van der Waals surface area contributed by atoms with Gasteiger partial charge in [0.2, 0.25) is 0 Å². The van der Waals surface area contributed by atoms with Crippen LogP contribution in [-0.2, 0) is 13.0 Å². The molecule has 0 bridgehead atoms. The summed E-state index contributed by atoms with van der Waals surface area (Å²) in [5.74, 6) is 1.74. The molecular weight excluding hydrogens is 298 g/mol. The topological polar surface area (TPSA) is 45.7 Å². The summed E-state index contributed by atoms with van der Waals surface area (Å²) in [6, 6.07) is 16.5. The van der Waals surface area contributed by atoms with Crippen LogP contribution in [0.2, 0.25) is 0 Å². The molecule has 0 aliphatic carbocycles. The Balaban J connectivity index is 1.88. The molecule has 0 aliphatic heterocycles. The number of ether oxygens (including phenoxy) is 1. The Morgan fingerprint density at radius 3 is 2.46 bits per heavy atom. The van der Waals surface area contributed by atoms with Gasteiger partial charge >= 0.3 is 0 Å². The average Bonchev–Trinajstić information content (AvgIpc) is 2.61. The molecule has 128 valence electrons. The maximum atomic E-state index is 5.18. The molecule has 0 fully saturated rings. The fraction of sp³-hybridized carbons (Fsp3) is 0.350. The van der Waals surface area contributed by atoms with Gasteiger partial charge in [0.15, 0.2) is 5.96 Å². The van der Waals surface area contributed by atoms with Gasteiger partial charge in [0.25, 0.3) is 0 Å². The Labute approximate surface area is 145 Å². The first-order chi connectivity index (χ1) is 11.7. The largest absolute Gasteiger partial charge is 0.497 e. The van der Waals surface area contributed by atoms with Gasteiger partial charge in [0, 0.05) is 13.1 Å². The zero-order valence-corrected chi connectivity index (χ0v) is 14.8. The second-order valence-corrected chi connectivity index (χ2v) is 5.65. The first-order valence-corrected chi connectivity index (χ1v) is 8.42. The van der Waals surface area contributed by atoms with Crippen molar-refractivity contribution in [3.8, 4) is 5.75 Å². The van der Waals surface area contributed by atoms with Crippen molar-refractivity contribution in [1.29, 1.82) is 0 Å². The first-order valence-electron chi connectivity index (χ1n) is 8.42. The van der Waals surface area contributed by atoms with Gasteiger partial charge in [0.05, 0.1) is 13.7 Å². The molecule has 0 amide bonds. The number of aryl methyl sites for hydroxylation is 1.